The Morgan fingerprint density at radius 3 is 2.58 bits per heavy atom. The molecule has 0 atom stereocenters. The third kappa shape index (κ3) is 4.79. The summed E-state index contributed by atoms with van der Waals surface area (Å²) < 4.78 is 10.6. The third-order valence-electron chi connectivity index (χ3n) is 2.74. The van der Waals surface area contributed by atoms with Gasteiger partial charge in [0, 0.05) is 19.7 Å². The molecule has 0 heterocycles. The molecule has 1 aromatic rings. The maximum atomic E-state index is 11.9. The number of likely N-dealkylation sites (N-methyl/N-ethyl adjacent to an activating group) is 1. The number of amides is 1. The molecule has 1 N–H and O–H groups in total. The van der Waals surface area contributed by atoms with Gasteiger partial charge in [-0.2, -0.15) is 0 Å². The summed E-state index contributed by atoms with van der Waals surface area (Å²) in [5.41, 5.74) is 0. The molecule has 0 fully saturated rings. The zero-order chi connectivity index (χ0) is 14.1. The Bertz CT molecular complexity index is 395. The lowest BCUT2D eigenvalue weighted by atomic mass is 10.3. The first-order chi connectivity index (χ1) is 9.22. The van der Waals surface area contributed by atoms with Crippen LogP contribution in [0.4, 0.5) is 0 Å². The van der Waals surface area contributed by atoms with Crippen LogP contribution >= 0.6 is 0 Å². The fourth-order valence-corrected chi connectivity index (χ4v) is 1.69. The second-order valence-electron chi connectivity index (χ2n) is 3.99. The van der Waals surface area contributed by atoms with Crippen LogP contribution in [-0.4, -0.2) is 49.3 Å². The van der Waals surface area contributed by atoms with Gasteiger partial charge in [-0.1, -0.05) is 12.1 Å². The lowest BCUT2D eigenvalue weighted by Gasteiger charge is -2.20. The Kier molecular flexibility index (Phi) is 6.74. The number of aliphatic hydroxyl groups excluding tert-OH is 1. The molecule has 0 aromatic heterocycles. The Labute approximate surface area is 113 Å². The molecular formula is C14H21NO4. The van der Waals surface area contributed by atoms with Crippen molar-refractivity contribution in [3.63, 3.8) is 0 Å². The number of para-hydroxylation sites is 2. The molecule has 5 nitrogen and oxygen atoms in total. The Morgan fingerprint density at radius 1 is 1.32 bits per heavy atom. The highest BCUT2D eigenvalue weighted by Crippen LogP contribution is 2.25. The molecule has 1 amide bonds. The predicted octanol–water partition coefficient (Wildman–Crippen LogP) is 1.30. The molecule has 0 aliphatic heterocycles. The van der Waals surface area contributed by atoms with Crippen LogP contribution in [-0.2, 0) is 4.79 Å². The number of carbonyl (C=O) groups is 1. The fraction of sp³-hybridized carbons (Fsp3) is 0.500. The molecule has 0 saturated heterocycles. The number of aliphatic hydroxyl groups is 1. The summed E-state index contributed by atoms with van der Waals surface area (Å²) in [6.07, 6.45) is 0.578. The van der Waals surface area contributed by atoms with Crippen molar-refractivity contribution < 1.29 is 19.4 Å². The van der Waals surface area contributed by atoms with E-state index in [9.17, 15) is 4.79 Å². The number of hydrogen-bond donors (Lipinski definition) is 1. The highest BCUT2D eigenvalue weighted by Gasteiger charge is 2.13. The molecule has 0 aliphatic rings. The van der Waals surface area contributed by atoms with Gasteiger partial charge in [0.05, 0.1) is 7.11 Å². The van der Waals surface area contributed by atoms with Crippen molar-refractivity contribution in [2.75, 3.05) is 33.4 Å². The number of carbonyl (C=O) groups excluding carboxylic acids is 1. The molecule has 0 unspecified atom stereocenters. The highest BCUT2D eigenvalue weighted by atomic mass is 16.5. The standard InChI is InChI=1S/C14H21NO4/c1-3-15(9-6-10-16)14(17)11-19-13-8-5-4-7-12(13)18-2/h4-5,7-8,16H,3,6,9-11H2,1-2H3. The van der Waals surface area contributed by atoms with Gasteiger partial charge in [-0.15, -0.1) is 0 Å². The van der Waals surface area contributed by atoms with Crippen LogP contribution in [0.25, 0.3) is 0 Å². The zero-order valence-corrected chi connectivity index (χ0v) is 11.5. The van der Waals surface area contributed by atoms with Crippen LogP contribution in [0.15, 0.2) is 24.3 Å². The molecule has 19 heavy (non-hydrogen) atoms. The SMILES string of the molecule is CCN(CCCO)C(=O)COc1ccccc1OC. The average molecular weight is 267 g/mol. The minimum absolute atomic E-state index is 0.0281. The number of rotatable bonds is 8. The van der Waals surface area contributed by atoms with E-state index in [1.165, 1.54) is 0 Å². The van der Waals surface area contributed by atoms with E-state index < -0.39 is 0 Å². The molecule has 5 heteroatoms. The van der Waals surface area contributed by atoms with Crippen LogP contribution in [0.3, 0.4) is 0 Å². The van der Waals surface area contributed by atoms with E-state index in [1.807, 2.05) is 19.1 Å². The summed E-state index contributed by atoms with van der Waals surface area (Å²) in [7, 11) is 1.56. The monoisotopic (exact) mass is 267 g/mol. The first kappa shape index (κ1) is 15.3. The number of benzene rings is 1. The molecule has 1 aromatic carbocycles. The maximum absolute atomic E-state index is 11.9. The normalized spacial score (nSPS) is 10.1. The van der Waals surface area contributed by atoms with Crippen LogP contribution in [0, 0.1) is 0 Å². The van der Waals surface area contributed by atoms with Gasteiger partial charge in [0.1, 0.15) is 0 Å². The quantitative estimate of drug-likeness (QED) is 0.771. The van der Waals surface area contributed by atoms with Crippen molar-refractivity contribution in [3.05, 3.63) is 24.3 Å². The van der Waals surface area contributed by atoms with Crippen molar-refractivity contribution in [2.24, 2.45) is 0 Å². The first-order valence-electron chi connectivity index (χ1n) is 6.37. The van der Waals surface area contributed by atoms with E-state index in [0.29, 0.717) is 31.0 Å². The molecular weight excluding hydrogens is 246 g/mol. The van der Waals surface area contributed by atoms with Crippen molar-refractivity contribution in [3.8, 4) is 11.5 Å². The summed E-state index contributed by atoms with van der Waals surface area (Å²) in [6, 6.07) is 7.21. The lowest BCUT2D eigenvalue weighted by molar-refractivity contribution is -0.133. The molecule has 0 saturated carbocycles. The summed E-state index contributed by atoms with van der Waals surface area (Å²) in [5, 5.41) is 8.78. The topological polar surface area (TPSA) is 59.0 Å². The van der Waals surface area contributed by atoms with Gasteiger partial charge in [0.15, 0.2) is 18.1 Å². The number of hydrogen-bond acceptors (Lipinski definition) is 4. The summed E-state index contributed by atoms with van der Waals surface area (Å²) >= 11 is 0. The molecule has 0 radical (unpaired) electrons. The second-order valence-corrected chi connectivity index (χ2v) is 3.99. The van der Waals surface area contributed by atoms with E-state index in [4.69, 9.17) is 14.6 Å². The summed E-state index contributed by atoms with van der Waals surface area (Å²) in [4.78, 5) is 13.6. The van der Waals surface area contributed by atoms with E-state index in [0.717, 1.165) is 0 Å². The minimum atomic E-state index is -0.0955. The van der Waals surface area contributed by atoms with E-state index in [-0.39, 0.29) is 19.1 Å². The van der Waals surface area contributed by atoms with Crippen molar-refractivity contribution >= 4 is 5.91 Å². The molecule has 0 bridgehead atoms. The third-order valence-corrected chi connectivity index (χ3v) is 2.74. The molecule has 106 valence electrons. The van der Waals surface area contributed by atoms with Crippen molar-refractivity contribution in [1.29, 1.82) is 0 Å². The van der Waals surface area contributed by atoms with Gasteiger partial charge in [-0.25, -0.2) is 0 Å². The van der Waals surface area contributed by atoms with Gasteiger partial charge < -0.3 is 19.5 Å². The first-order valence-corrected chi connectivity index (χ1v) is 6.37. The van der Waals surface area contributed by atoms with Crippen LogP contribution < -0.4 is 9.47 Å². The van der Waals surface area contributed by atoms with E-state index >= 15 is 0 Å². The van der Waals surface area contributed by atoms with Gasteiger partial charge in [-0.05, 0) is 25.5 Å². The van der Waals surface area contributed by atoms with Gasteiger partial charge in [0.2, 0.25) is 0 Å². The zero-order valence-electron chi connectivity index (χ0n) is 11.5. The number of nitrogens with zero attached hydrogens (tertiary/aromatic N) is 1. The Balaban J connectivity index is 2.52. The molecule has 1 rings (SSSR count). The summed E-state index contributed by atoms with van der Waals surface area (Å²) in [6.45, 7) is 3.10. The lowest BCUT2D eigenvalue weighted by Crippen LogP contribution is -2.35. The molecule has 0 aliphatic carbocycles. The fourth-order valence-electron chi connectivity index (χ4n) is 1.69. The smallest absolute Gasteiger partial charge is 0.260 e. The van der Waals surface area contributed by atoms with Gasteiger partial charge in [0.25, 0.3) is 5.91 Å². The van der Waals surface area contributed by atoms with Crippen molar-refractivity contribution in [1.82, 2.24) is 4.90 Å². The Hall–Kier alpha value is -1.75. The van der Waals surface area contributed by atoms with E-state index in [1.54, 1.807) is 24.1 Å². The van der Waals surface area contributed by atoms with Crippen molar-refractivity contribution in [2.45, 2.75) is 13.3 Å². The van der Waals surface area contributed by atoms with Gasteiger partial charge >= 0.3 is 0 Å². The molecule has 0 spiro atoms. The number of methoxy groups -OCH3 is 1. The summed E-state index contributed by atoms with van der Waals surface area (Å²) in [5.74, 6) is 1.06. The number of ether oxygens (including phenoxy) is 2. The highest BCUT2D eigenvalue weighted by molar-refractivity contribution is 5.77. The van der Waals surface area contributed by atoms with E-state index in [2.05, 4.69) is 0 Å². The largest absolute Gasteiger partial charge is 0.493 e. The van der Waals surface area contributed by atoms with Crippen LogP contribution in [0.2, 0.25) is 0 Å². The predicted molar refractivity (Wildman–Crippen MR) is 72.4 cm³/mol. The van der Waals surface area contributed by atoms with Crippen LogP contribution in [0.5, 0.6) is 11.5 Å². The van der Waals surface area contributed by atoms with Gasteiger partial charge in [-0.3, -0.25) is 4.79 Å². The van der Waals surface area contributed by atoms with Crippen LogP contribution in [0.1, 0.15) is 13.3 Å². The average Bonchev–Trinajstić information content (AvgIpc) is 2.46. The Morgan fingerprint density at radius 2 is 2.00 bits per heavy atom. The second kappa shape index (κ2) is 8.37. The minimum Gasteiger partial charge on any atom is -0.493 e. The maximum Gasteiger partial charge on any atom is 0.260 e.